The van der Waals surface area contributed by atoms with E-state index in [0.29, 0.717) is 11.8 Å². The highest BCUT2D eigenvalue weighted by Crippen LogP contribution is 2.20. The van der Waals surface area contributed by atoms with Crippen LogP contribution in [0, 0.1) is 0 Å². The molecular weight excluding hydrogens is 336 g/mol. The molecule has 21 heavy (non-hydrogen) atoms. The Kier molecular flexibility index (Phi) is 3.53. The molecule has 0 aliphatic carbocycles. The molecule has 106 valence electrons. The lowest BCUT2D eigenvalue weighted by Gasteiger charge is -2.06. The van der Waals surface area contributed by atoms with Gasteiger partial charge in [-0.3, -0.25) is 4.57 Å². The van der Waals surface area contributed by atoms with Gasteiger partial charge in [-0.15, -0.1) is 0 Å². The van der Waals surface area contributed by atoms with Gasteiger partial charge in [-0.1, -0.05) is 17.3 Å². The number of nitrogens with zero attached hydrogens (tertiary/aromatic N) is 5. The molecule has 7 nitrogen and oxygen atoms in total. The maximum absolute atomic E-state index is 8.76. The number of aromatic nitrogens is 4. The van der Waals surface area contributed by atoms with E-state index < -0.39 is 0 Å². The zero-order valence-electron chi connectivity index (χ0n) is 10.8. The van der Waals surface area contributed by atoms with Crippen LogP contribution in [-0.4, -0.2) is 30.6 Å². The van der Waals surface area contributed by atoms with Crippen molar-refractivity contribution in [1.29, 1.82) is 0 Å². The molecule has 0 radical (unpaired) electrons. The van der Waals surface area contributed by atoms with E-state index in [1.807, 2.05) is 24.3 Å². The number of rotatable bonds is 3. The normalized spacial score (nSPS) is 12.0. The van der Waals surface area contributed by atoms with Crippen molar-refractivity contribution >= 4 is 32.8 Å². The summed E-state index contributed by atoms with van der Waals surface area (Å²) in [5.74, 6) is 1.16. The monoisotopic (exact) mass is 346 g/mol. The summed E-state index contributed by atoms with van der Waals surface area (Å²) in [7, 11) is 0. The van der Waals surface area contributed by atoms with Gasteiger partial charge >= 0.3 is 0 Å². The van der Waals surface area contributed by atoms with Crippen molar-refractivity contribution in [2.75, 3.05) is 0 Å². The van der Waals surface area contributed by atoms with Crippen molar-refractivity contribution in [2.45, 2.75) is 6.42 Å². The van der Waals surface area contributed by atoms with E-state index in [9.17, 15) is 0 Å². The zero-order chi connectivity index (χ0) is 14.8. The molecule has 0 saturated heterocycles. The van der Waals surface area contributed by atoms with E-state index in [-0.39, 0.29) is 12.3 Å². The lowest BCUT2D eigenvalue weighted by molar-refractivity contribution is 0.317. The quantitative estimate of drug-likeness (QED) is 0.326. The number of hydrogen-bond acceptors (Lipinski definition) is 5. The number of nitrogens with two attached hydrogens (primary N) is 1. The van der Waals surface area contributed by atoms with Gasteiger partial charge in [-0.05, 0) is 28.1 Å². The fourth-order valence-electron chi connectivity index (χ4n) is 2.04. The first-order valence-electron chi connectivity index (χ1n) is 6.09. The Morgan fingerprint density at radius 2 is 2.00 bits per heavy atom. The number of fused-ring (bicyclic) bond motifs is 1. The van der Waals surface area contributed by atoms with Crippen LogP contribution in [0.1, 0.15) is 5.82 Å². The van der Waals surface area contributed by atoms with Crippen LogP contribution in [-0.2, 0) is 6.42 Å². The highest BCUT2D eigenvalue weighted by molar-refractivity contribution is 9.10. The maximum Gasteiger partial charge on any atom is 0.235 e. The van der Waals surface area contributed by atoms with Gasteiger partial charge in [0.15, 0.2) is 0 Å². The smallest absolute Gasteiger partial charge is 0.235 e. The first-order chi connectivity index (χ1) is 10.2. The Hall–Kier alpha value is -2.48. The molecule has 0 amide bonds. The van der Waals surface area contributed by atoms with Crippen molar-refractivity contribution in [1.82, 2.24) is 19.5 Å². The summed E-state index contributed by atoms with van der Waals surface area (Å²) in [5.41, 5.74) is 7.25. The minimum Gasteiger partial charge on any atom is -0.409 e. The van der Waals surface area contributed by atoms with Gasteiger partial charge in [0.05, 0.1) is 21.9 Å². The summed E-state index contributed by atoms with van der Waals surface area (Å²) in [4.78, 5) is 13.1. The van der Waals surface area contributed by atoms with Crippen LogP contribution in [0.5, 0.6) is 0 Å². The van der Waals surface area contributed by atoms with Gasteiger partial charge in [0.2, 0.25) is 5.95 Å². The second-order valence-electron chi connectivity index (χ2n) is 4.32. The molecule has 0 unspecified atom stereocenters. The molecule has 0 aliphatic heterocycles. The third-order valence-corrected chi connectivity index (χ3v) is 3.31. The number of hydrogen-bond donors (Lipinski definition) is 2. The highest BCUT2D eigenvalue weighted by Gasteiger charge is 2.15. The van der Waals surface area contributed by atoms with Crippen LogP contribution in [0.15, 0.2) is 46.3 Å². The SMILES string of the molecule is NC(Cc1nc2ccccc2n1-c1ncc(Br)cn1)=NO. The summed E-state index contributed by atoms with van der Waals surface area (Å²) in [5, 5.41) is 11.8. The molecule has 2 aromatic heterocycles. The van der Waals surface area contributed by atoms with E-state index in [1.54, 1.807) is 17.0 Å². The fraction of sp³-hybridized carbons (Fsp3) is 0.0769. The largest absolute Gasteiger partial charge is 0.409 e. The molecule has 0 fully saturated rings. The molecule has 0 spiro atoms. The van der Waals surface area contributed by atoms with E-state index in [0.717, 1.165) is 15.5 Å². The van der Waals surface area contributed by atoms with Crippen molar-refractivity contribution in [3.05, 3.63) is 47.0 Å². The second kappa shape index (κ2) is 5.49. The molecule has 0 bridgehead atoms. The molecule has 3 aromatic rings. The molecule has 0 saturated carbocycles. The average molecular weight is 347 g/mol. The summed E-state index contributed by atoms with van der Waals surface area (Å²) in [6, 6.07) is 7.62. The van der Waals surface area contributed by atoms with Gasteiger partial charge in [0, 0.05) is 12.4 Å². The van der Waals surface area contributed by atoms with E-state index >= 15 is 0 Å². The predicted octanol–water partition coefficient (Wildman–Crippen LogP) is 1.87. The molecule has 0 atom stereocenters. The summed E-state index contributed by atoms with van der Waals surface area (Å²) in [6.07, 6.45) is 3.51. The minimum absolute atomic E-state index is 0.0728. The topological polar surface area (TPSA) is 102 Å². The number of benzene rings is 1. The van der Waals surface area contributed by atoms with Crippen molar-refractivity contribution in [2.24, 2.45) is 10.9 Å². The molecule has 3 rings (SSSR count). The number of oxime groups is 1. The summed E-state index contributed by atoms with van der Waals surface area (Å²) in [6.45, 7) is 0. The van der Waals surface area contributed by atoms with Gasteiger partial charge in [0.1, 0.15) is 11.7 Å². The second-order valence-corrected chi connectivity index (χ2v) is 5.24. The Bertz CT molecular complexity index is 811. The van der Waals surface area contributed by atoms with E-state index in [2.05, 4.69) is 36.0 Å². The lowest BCUT2D eigenvalue weighted by Crippen LogP contribution is -2.18. The van der Waals surface area contributed by atoms with Crippen molar-refractivity contribution < 1.29 is 5.21 Å². The molecule has 3 N–H and O–H groups in total. The standard InChI is InChI=1S/C13H11BrN6O/c14-8-6-16-13(17-7-8)20-10-4-2-1-3-9(10)18-12(20)5-11(15)19-21/h1-4,6-7,21H,5H2,(H2,15,19). The summed E-state index contributed by atoms with van der Waals surface area (Å²) >= 11 is 3.31. The molecule has 1 aromatic carbocycles. The molecular formula is C13H11BrN6O. The van der Waals surface area contributed by atoms with Gasteiger partial charge in [-0.25, -0.2) is 15.0 Å². The molecule has 2 heterocycles. The van der Waals surface area contributed by atoms with Gasteiger partial charge in [-0.2, -0.15) is 0 Å². The highest BCUT2D eigenvalue weighted by atomic mass is 79.9. The molecule has 0 aliphatic rings. The Morgan fingerprint density at radius 3 is 2.71 bits per heavy atom. The average Bonchev–Trinajstić information content (AvgIpc) is 2.86. The zero-order valence-corrected chi connectivity index (χ0v) is 12.4. The van der Waals surface area contributed by atoms with Crippen LogP contribution in [0.25, 0.3) is 17.0 Å². The van der Waals surface area contributed by atoms with Gasteiger partial charge in [0.25, 0.3) is 0 Å². The van der Waals surface area contributed by atoms with Crippen LogP contribution >= 0.6 is 15.9 Å². The third-order valence-electron chi connectivity index (χ3n) is 2.90. The number of halogens is 1. The van der Waals surface area contributed by atoms with Crippen LogP contribution in [0.3, 0.4) is 0 Å². The fourth-order valence-corrected chi connectivity index (χ4v) is 2.24. The number of para-hydroxylation sites is 2. The van der Waals surface area contributed by atoms with Gasteiger partial charge < -0.3 is 10.9 Å². The molecule has 8 heteroatoms. The predicted molar refractivity (Wildman–Crippen MR) is 81.5 cm³/mol. The first kappa shape index (κ1) is 13.5. The first-order valence-corrected chi connectivity index (χ1v) is 6.89. The summed E-state index contributed by atoms with van der Waals surface area (Å²) < 4.78 is 2.58. The van der Waals surface area contributed by atoms with E-state index in [1.165, 1.54) is 0 Å². The third kappa shape index (κ3) is 2.57. The van der Waals surface area contributed by atoms with Crippen LogP contribution in [0.4, 0.5) is 0 Å². The minimum atomic E-state index is 0.0728. The van der Waals surface area contributed by atoms with Crippen molar-refractivity contribution in [3.63, 3.8) is 0 Å². The lowest BCUT2D eigenvalue weighted by atomic mass is 10.3. The Morgan fingerprint density at radius 1 is 1.29 bits per heavy atom. The van der Waals surface area contributed by atoms with E-state index in [4.69, 9.17) is 10.9 Å². The van der Waals surface area contributed by atoms with Crippen LogP contribution in [0.2, 0.25) is 0 Å². The Labute approximate surface area is 128 Å². The van der Waals surface area contributed by atoms with Crippen LogP contribution < -0.4 is 5.73 Å². The number of amidine groups is 1. The Balaban J connectivity index is 2.22. The van der Waals surface area contributed by atoms with Crippen molar-refractivity contribution in [3.8, 4) is 5.95 Å². The number of imidazole rings is 1. The maximum atomic E-state index is 8.76.